The van der Waals surface area contributed by atoms with Gasteiger partial charge in [-0.3, -0.25) is 9.47 Å². The third kappa shape index (κ3) is 5.90. The molecule has 0 spiro atoms. The molecule has 1 saturated heterocycles. The summed E-state index contributed by atoms with van der Waals surface area (Å²) in [5.41, 5.74) is 4.66. The van der Waals surface area contributed by atoms with Gasteiger partial charge in [-0.05, 0) is 66.9 Å². The van der Waals surface area contributed by atoms with Crippen molar-refractivity contribution in [1.82, 2.24) is 19.4 Å². The van der Waals surface area contributed by atoms with Crippen LogP contribution in [0.4, 0.5) is 0 Å². The Morgan fingerprint density at radius 3 is 2.49 bits per heavy atom. The summed E-state index contributed by atoms with van der Waals surface area (Å²) in [7, 11) is 0. The van der Waals surface area contributed by atoms with Crippen molar-refractivity contribution in [3.8, 4) is 0 Å². The molecule has 0 aliphatic carbocycles. The smallest absolute Gasteiger partial charge is 0.306 e. The molecular formula is C28H31Cl3N4OS. The van der Waals surface area contributed by atoms with Gasteiger partial charge in [0.05, 0.1) is 11.0 Å². The third-order valence-electron chi connectivity index (χ3n) is 7.32. The van der Waals surface area contributed by atoms with Gasteiger partial charge in [-0.1, -0.05) is 53.7 Å². The topological polar surface area (TPSA) is 44.3 Å². The Hall–Kier alpha value is -1.93. The summed E-state index contributed by atoms with van der Waals surface area (Å²) in [5, 5.41) is 0.812. The van der Waals surface area contributed by atoms with Crippen LogP contribution in [0, 0.1) is 0 Å². The summed E-state index contributed by atoms with van der Waals surface area (Å²) in [6.45, 7) is 5.91. The van der Waals surface area contributed by atoms with Crippen molar-refractivity contribution in [1.29, 1.82) is 0 Å². The molecule has 2 aliphatic rings. The summed E-state index contributed by atoms with van der Waals surface area (Å²) >= 11 is 8.32. The molecule has 3 heterocycles. The molecule has 6 rings (SSSR count). The van der Waals surface area contributed by atoms with Gasteiger partial charge in [0.25, 0.3) is 0 Å². The van der Waals surface area contributed by atoms with Crippen LogP contribution < -0.4 is 5.69 Å². The first-order chi connectivity index (χ1) is 17.2. The van der Waals surface area contributed by atoms with E-state index < -0.39 is 0 Å². The first-order valence-electron chi connectivity index (χ1n) is 12.3. The molecule has 2 aliphatic heterocycles. The molecule has 1 aromatic heterocycles. The van der Waals surface area contributed by atoms with Gasteiger partial charge in [0.15, 0.2) is 0 Å². The largest absolute Gasteiger partial charge is 0.326 e. The minimum absolute atomic E-state index is 0. The molecule has 5 nitrogen and oxygen atoms in total. The van der Waals surface area contributed by atoms with E-state index in [9.17, 15) is 4.79 Å². The van der Waals surface area contributed by atoms with E-state index in [1.807, 2.05) is 46.7 Å². The molecule has 0 amide bonds. The number of imidazole rings is 1. The number of aryl methyl sites for hydroxylation is 1. The van der Waals surface area contributed by atoms with E-state index >= 15 is 0 Å². The molecule has 37 heavy (non-hydrogen) atoms. The lowest BCUT2D eigenvalue weighted by Gasteiger charge is -2.39. The predicted octanol–water partition coefficient (Wildman–Crippen LogP) is 6.28. The lowest BCUT2D eigenvalue weighted by atomic mass is 9.96. The number of nitrogens with one attached hydrogen (secondary N) is 1. The van der Waals surface area contributed by atoms with Gasteiger partial charge in [-0.2, -0.15) is 0 Å². The van der Waals surface area contributed by atoms with Crippen molar-refractivity contribution < 1.29 is 0 Å². The molecular weight excluding hydrogens is 547 g/mol. The Balaban J connectivity index is 0.00000160. The predicted molar refractivity (Wildman–Crippen MR) is 158 cm³/mol. The Bertz CT molecular complexity index is 1410. The standard InChI is InChI=1S/C28H29ClN4OS.2ClH/c29-21-10-11-27-22(19-21)25(18-20-6-1-4-9-26(20)35-27)32-16-14-31(15-17-32)12-5-13-33-24-8-3-2-7-23(24)30-28(33)34;;/h1-4,6-11,19,25H,5,12-18H2,(H,30,34);2*1H. The van der Waals surface area contributed by atoms with Crippen molar-refractivity contribution in [3.63, 3.8) is 0 Å². The number of piperazine rings is 1. The van der Waals surface area contributed by atoms with E-state index in [0.29, 0.717) is 6.04 Å². The van der Waals surface area contributed by atoms with Crippen LogP contribution in [0.25, 0.3) is 11.0 Å². The van der Waals surface area contributed by atoms with Crippen LogP contribution in [0.1, 0.15) is 23.6 Å². The molecule has 0 saturated carbocycles. The number of hydrogen-bond donors (Lipinski definition) is 1. The van der Waals surface area contributed by atoms with E-state index in [1.54, 1.807) is 0 Å². The van der Waals surface area contributed by atoms with Gasteiger partial charge in [0, 0.05) is 53.6 Å². The normalized spacial score (nSPS) is 17.8. The number of benzene rings is 3. The first kappa shape index (κ1) is 28.1. The maximum atomic E-state index is 12.4. The number of halogens is 3. The van der Waals surface area contributed by atoms with Crippen LogP contribution in [0.2, 0.25) is 5.02 Å². The highest BCUT2D eigenvalue weighted by atomic mass is 35.5. The Morgan fingerprint density at radius 2 is 1.65 bits per heavy atom. The highest BCUT2D eigenvalue weighted by Crippen LogP contribution is 2.43. The van der Waals surface area contributed by atoms with Gasteiger partial charge in [0.1, 0.15) is 0 Å². The second-order valence-corrected chi connectivity index (χ2v) is 11.0. The average Bonchev–Trinajstić information content (AvgIpc) is 3.10. The van der Waals surface area contributed by atoms with E-state index in [2.05, 4.69) is 51.2 Å². The fraction of sp³-hybridized carbons (Fsp3) is 0.321. The molecule has 4 aromatic rings. The van der Waals surface area contributed by atoms with Crippen molar-refractivity contribution in [2.75, 3.05) is 32.7 Å². The fourth-order valence-electron chi connectivity index (χ4n) is 5.49. The van der Waals surface area contributed by atoms with Crippen LogP contribution >= 0.6 is 48.2 Å². The summed E-state index contributed by atoms with van der Waals surface area (Å²) in [4.78, 5) is 23.2. The third-order valence-corrected chi connectivity index (χ3v) is 8.77. The molecule has 196 valence electrons. The minimum atomic E-state index is -0.0140. The van der Waals surface area contributed by atoms with Gasteiger partial charge in [-0.15, -0.1) is 24.8 Å². The number of nitrogens with zero attached hydrogens (tertiary/aromatic N) is 3. The molecule has 3 aromatic carbocycles. The first-order valence-corrected chi connectivity index (χ1v) is 13.5. The second-order valence-electron chi connectivity index (χ2n) is 9.44. The van der Waals surface area contributed by atoms with Crippen molar-refractivity contribution in [3.05, 3.63) is 93.4 Å². The summed E-state index contributed by atoms with van der Waals surface area (Å²) < 4.78 is 1.87. The number of aromatic amines is 1. The maximum absolute atomic E-state index is 12.4. The van der Waals surface area contributed by atoms with Crippen LogP contribution in [0.5, 0.6) is 0 Å². The molecule has 9 heteroatoms. The lowest BCUT2D eigenvalue weighted by Crippen LogP contribution is -2.48. The monoisotopic (exact) mass is 576 g/mol. The summed E-state index contributed by atoms with van der Waals surface area (Å²) in [6, 6.07) is 23.4. The zero-order chi connectivity index (χ0) is 23.8. The van der Waals surface area contributed by atoms with Crippen LogP contribution in [0.15, 0.2) is 81.3 Å². The van der Waals surface area contributed by atoms with Crippen LogP contribution in [-0.2, 0) is 13.0 Å². The molecule has 1 N–H and O–H groups in total. The summed E-state index contributed by atoms with van der Waals surface area (Å²) in [6.07, 6.45) is 1.98. The number of hydrogen-bond acceptors (Lipinski definition) is 4. The van der Waals surface area contributed by atoms with E-state index in [-0.39, 0.29) is 30.5 Å². The van der Waals surface area contributed by atoms with E-state index in [1.165, 1.54) is 20.9 Å². The minimum Gasteiger partial charge on any atom is -0.306 e. The number of H-pyrrole nitrogens is 1. The van der Waals surface area contributed by atoms with E-state index in [0.717, 1.165) is 68.2 Å². The van der Waals surface area contributed by atoms with Crippen molar-refractivity contribution in [2.24, 2.45) is 0 Å². The Morgan fingerprint density at radius 1 is 0.892 bits per heavy atom. The Kier molecular flexibility index (Phi) is 9.33. The van der Waals surface area contributed by atoms with Gasteiger partial charge >= 0.3 is 5.69 Å². The highest BCUT2D eigenvalue weighted by Gasteiger charge is 2.30. The highest BCUT2D eigenvalue weighted by molar-refractivity contribution is 7.99. The molecule has 1 unspecified atom stereocenters. The molecule has 1 atom stereocenters. The molecule has 0 bridgehead atoms. The van der Waals surface area contributed by atoms with E-state index in [4.69, 9.17) is 11.6 Å². The lowest BCUT2D eigenvalue weighted by molar-refractivity contribution is 0.0929. The SMILES string of the molecule is Cl.Cl.O=c1[nH]c2ccccc2n1CCCN1CCN(C2Cc3ccccc3Sc3ccc(Cl)cc32)CC1. The van der Waals surface area contributed by atoms with Crippen LogP contribution in [0.3, 0.4) is 0 Å². The molecule has 1 fully saturated rings. The van der Waals surface area contributed by atoms with Crippen LogP contribution in [-0.4, -0.2) is 52.1 Å². The zero-order valence-corrected chi connectivity index (χ0v) is 23.6. The van der Waals surface area contributed by atoms with Gasteiger partial charge in [-0.25, -0.2) is 4.79 Å². The second kappa shape index (κ2) is 12.3. The average molecular weight is 578 g/mol. The van der Waals surface area contributed by atoms with Gasteiger partial charge < -0.3 is 9.88 Å². The Labute approximate surface area is 239 Å². The number of aromatic nitrogens is 2. The van der Waals surface area contributed by atoms with Crippen molar-refractivity contribution >= 4 is 59.2 Å². The summed E-state index contributed by atoms with van der Waals surface area (Å²) in [5.74, 6) is 0. The maximum Gasteiger partial charge on any atom is 0.326 e. The number of fused-ring (bicyclic) bond motifs is 3. The van der Waals surface area contributed by atoms with Crippen molar-refractivity contribution in [2.45, 2.75) is 35.2 Å². The quantitative estimate of drug-likeness (QED) is 0.303. The number of para-hydroxylation sites is 2. The fourth-order valence-corrected chi connectivity index (χ4v) is 6.78. The molecule has 0 radical (unpaired) electrons. The van der Waals surface area contributed by atoms with Gasteiger partial charge in [0.2, 0.25) is 0 Å². The number of rotatable bonds is 5. The zero-order valence-electron chi connectivity index (χ0n) is 20.4.